The normalized spacial score (nSPS) is 12.1. The van der Waals surface area contributed by atoms with E-state index in [9.17, 15) is 0 Å². The predicted molar refractivity (Wildman–Crippen MR) is 100 cm³/mol. The molecule has 4 rings (SSSR count). The number of rotatable bonds is 1. The van der Waals surface area contributed by atoms with E-state index >= 15 is 0 Å². The van der Waals surface area contributed by atoms with Crippen molar-refractivity contribution in [3.63, 3.8) is 0 Å². The Hall–Kier alpha value is -1.67. The number of fused-ring (bicyclic) bond motifs is 2. The molecule has 0 radical (unpaired) electrons. The Morgan fingerprint density at radius 2 is 1.48 bits per heavy atom. The molecule has 0 aliphatic heterocycles. The predicted octanol–water partition coefficient (Wildman–Crippen LogP) is 6.81. The van der Waals surface area contributed by atoms with E-state index < -0.39 is 3.79 Å². The average molecular weight is 361 g/mol. The Morgan fingerprint density at radius 1 is 0.696 bits per heavy atom. The summed E-state index contributed by atoms with van der Waals surface area (Å²) in [6, 6.07) is 22.5. The summed E-state index contributed by atoms with van der Waals surface area (Å²) in [5.41, 5.74) is 3.87. The second-order valence-corrected chi connectivity index (χ2v) is 7.83. The summed E-state index contributed by atoms with van der Waals surface area (Å²) in [4.78, 5) is 3.43. The van der Waals surface area contributed by atoms with Crippen LogP contribution >= 0.6 is 34.8 Å². The molecule has 4 heteroatoms. The summed E-state index contributed by atoms with van der Waals surface area (Å²) in [7, 11) is 0. The molecule has 4 aromatic rings. The molecular formula is C19H12Cl3N. The van der Waals surface area contributed by atoms with E-state index in [1.165, 1.54) is 10.8 Å². The highest BCUT2D eigenvalue weighted by Crippen LogP contribution is 2.39. The van der Waals surface area contributed by atoms with Crippen LogP contribution < -0.4 is 0 Å². The molecule has 0 bridgehead atoms. The van der Waals surface area contributed by atoms with Gasteiger partial charge >= 0.3 is 0 Å². The molecule has 0 saturated carbocycles. The summed E-state index contributed by atoms with van der Waals surface area (Å²) >= 11 is 17.9. The molecule has 114 valence electrons. The van der Waals surface area contributed by atoms with E-state index in [1.54, 1.807) is 0 Å². The highest BCUT2D eigenvalue weighted by molar-refractivity contribution is 6.66. The minimum absolute atomic E-state index is 0.666. The molecule has 1 aromatic heterocycles. The SMILES string of the molecule is ClC(Cl)(Cl)c1ccc2[nH]c(-c3ccc4ccccc4c3)cc2c1. The minimum atomic E-state index is -1.41. The van der Waals surface area contributed by atoms with Crippen LogP contribution in [-0.4, -0.2) is 4.98 Å². The number of nitrogens with one attached hydrogen (secondary N) is 1. The van der Waals surface area contributed by atoms with Gasteiger partial charge < -0.3 is 4.98 Å². The third-order valence-corrected chi connectivity index (χ3v) is 4.66. The first-order chi connectivity index (χ1) is 11.0. The van der Waals surface area contributed by atoms with Crippen molar-refractivity contribution in [2.24, 2.45) is 0 Å². The number of aromatic amines is 1. The van der Waals surface area contributed by atoms with E-state index in [0.717, 1.165) is 22.2 Å². The van der Waals surface area contributed by atoms with Crippen molar-refractivity contribution in [1.82, 2.24) is 4.98 Å². The fourth-order valence-corrected chi connectivity index (χ4v) is 3.17. The molecule has 1 heterocycles. The van der Waals surface area contributed by atoms with Gasteiger partial charge in [0.2, 0.25) is 3.79 Å². The molecular weight excluding hydrogens is 349 g/mol. The van der Waals surface area contributed by atoms with Crippen LogP contribution in [0, 0.1) is 0 Å². The van der Waals surface area contributed by atoms with Crippen molar-refractivity contribution in [3.8, 4) is 11.3 Å². The van der Waals surface area contributed by atoms with Crippen molar-refractivity contribution >= 4 is 56.5 Å². The zero-order chi connectivity index (χ0) is 16.0. The monoisotopic (exact) mass is 359 g/mol. The molecule has 0 aliphatic carbocycles. The summed E-state index contributed by atoms with van der Waals surface area (Å²) in [5.74, 6) is 0. The maximum Gasteiger partial charge on any atom is 0.216 e. The highest BCUT2D eigenvalue weighted by Gasteiger charge is 2.23. The lowest BCUT2D eigenvalue weighted by Gasteiger charge is -2.10. The van der Waals surface area contributed by atoms with E-state index in [2.05, 4.69) is 41.4 Å². The zero-order valence-corrected chi connectivity index (χ0v) is 14.3. The molecule has 23 heavy (non-hydrogen) atoms. The minimum Gasteiger partial charge on any atom is -0.355 e. The molecule has 0 aliphatic rings. The van der Waals surface area contributed by atoms with Crippen LogP contribution in [0.4, 0.5) is 0 Å². The molecule has 0 saturated heterocycles. The summed E-state index contributed by atoms with van der Waals surface area (Å²) in [5, 5.41) is 3.47. The maximum atomic E-state index is 5.97. The third kappa shape index (κ3) is 2.81. The van der Waals surface area contributed by atoms with Gasteiger partial charge in [0.15, 0.2) is 0 Å². The molecule has 0 spiro atoms. The van der Waals surface area contributed by atoms with Gasteiger partial charge in [-0.25, -0.2) is 0 Å². The summed E-state index contributed by atoms with van der Waals surface area (Å²) in [6.07, 6.45) is 0. The topological polar surface area (TPSA) is 15.8 Å². The lowest BCUT2D eigenvalue weighted by Crippen LogP contribution is -1.98. The van der Waals surface area contributed by atoms with Gasteiger partial charge in [0, 0.05) is 22.2 Å². The van der Waals surface area contributed by atoms with Gasteiger partial charge in [-0.05, 0) is 40.6 Å². The summed E-state index contributed by atoms with van der Waals surface area (Å²) < 4.78 is -1.41. The van der Waals surface area contributed by atoms with Gasteiger partial charge in [0.05, 0.1) is 0 Å². The van der Waals surface area contributed by atoms with Gasteiger partial charge in [-0.2, -0.15) is 0 Å². The Labute approximate surface area is 148 Å². The van der Waals surface area contributed by atoms with E-state index in [-0.39, 0.29) is 0 Å². The Morgan fingerprint density at radius 3 is 2.26 bits per heavy atom. The molecule has 1 N–H and O–H groups in total. The van der Waals surface area contributed by atoms with E-state index in [1.807, 2.05) is 30.3 Å². The number of H-pyrrole nitrogens is 1. The van der Waals surface area contributed by atoms with Gasteiger partial charge in [-0.15, -0.1) is 0 Å². The number of hydrogen-bond acceptors (Lipinski definition) is 0. The van der Waals surface area contributed by atoms with Crippen LogP contribution in [0.5, 0.6) is 0 Å². The van der Waals surface area contributed by atoms with Crippen LogP contribution in [0.15, 0.2) is 66.7 Å². The van der Waals surface area contributed by atoms with Crippen molar-refractivity contribution in [1.29, 1.82) is 0 Å². The zero-order valence-electron chi connectivity index (χ0n) is 12.0. The smallest absolute Gasteiger partial charge is 0.216 e. The number of hydrogen-bond donors (Lipinski definition) is 1. The maximum absolute atomic E-state index is 5.97. The first-order valence-corrected chi connectivity index (χ1v) is 8.33. The number of alkyl halides is 3. The van der Waals surface area contributed by atoms with Crippen LogP contribution in [0.2, 0.25) is 0 Å². The van der Waals surface area contributed by atoms with Crippen LogP contribution in [0.1, 0.15) is 5.56 Å². The molecule has 3 aromatic carbocycles. The standard InChI is InChI=1S/C19H12Cl3N/c20-19(21,22)16-7-8-17-15(10-16)11-18(23-17)14-6-5-12-3-1-2-4-13(12)9-14/h1-11,23H. The molecule has 0 amide bonds. The number of benzene rings is 3. The molecule has 1 nitrogen and oxygen atoms in total. The second kappa shape index (κ2) is 5.45. The van der Waals surface area contributed by atoms with E-state index in [4.69, 9.17) is 34.8 Å². The fraction of sp³-hybridized carbons (Fsp3) is 0.0526. The van der Waals surface area contributed by atoms with Gasteiger partial charge in [0.1, 0.15) is 0 Å². The van der Waals surface area contributed by atoms with Gasteiger partial charge in [0.25, 0.3) is 0 Å². The Bertz CT molecular complexity index is 1010. The van der Waals surface area contributed by atoms with Crippen LogP contribution in [0.3, 0.4) is 0 Å². The Balaban J connectivity index is 1.84. The second-order valence-electron chi connectivity index (χ2n) is 5.54. The summed E-state index contributed by atoms with van der Waals surface area (Å²) in [6.45, 7) is 0. The van der Waals surface area contributed by atoms with Crippen molar-refractivity contribution in [2.75, 3.05) is 0 Å². The molecule has 0 atom stereocenters. The highest BCUT2D eigenvalue weighted by atomic mass is 35.6. The third-order valence-electron chi connectivity index (χ3n) is 4.01. The lowest BCUT2D eigenvalue weighted by molar-refractivity contribution is 1.25. The molecule has 0 unspecified atom stereocenters. The fourth-order valence-electron chi connectivity index (χ4n) is 2.82. The Kier molecular flexibility index (Phi) is 3.53. The van der Waals surface area contributed by atoms with Crippen LogP contribution in [-0.2, 0) is 3.79 Å². The first-order valence-electron chi connectivity index (χ1n) is 7.20. The number of halogens is 3. The molecule has 0 fully saturated rings. The van der Waals surface area contributed by atoms with E-state index in [0.29, 0.717) is 5.56 Å². The van der Waals surface area contributed by atoms with Crippen LogP contribution in [0.25, 0.3) is 32.9 Å². The van der Waals surface area contributed by atoms with Crippen molar-refractivity contribution < 1.29 is 0 Å². The lowest BCUT2D eigenvalue weighted by atomic mass is 10.1. The van der Waals surface area contributed by atoms with Gasteiger partial charge in [-0.3, -0.25) is 0 Å². The number of aromatic nitrogens is 1. The first kappa shape index (κ1) is 14.9. The van der Waals surface area contributed by atoms with Crippen molar-refractivity contribution in [3.05, 3.63) is 72.3 Å². The van der Waals surface area contributed by atoms with Gasteiger partial charge in [-0.1, -0.05) is 77.3 Å². The van der Waals surface area contributed by atoms with Crippen molar-refractivity contribution in [2.45, 2.75) is 3.79 Å². The largest absolute Gasteiger partial charge is 0.355 e. The average Bonchev–Trinajstić information content (AvgIpc) is 2.96. The quantitative estimate of drug-likeness (QED) is 0.359.